The van der Waals surface area contributed by atoms with Crippen LogP contribution in [0.15, 0.2) is 36.7 Å². The van der Waals surface area contributed by atoms with Crippen molar-refractivity contribution in [2.24, 2.45) is 13.0 Å². The van der Waals surface area contributed by atoms with Gasteiger partial charge in [-0.1, -0.05) is 12.1 Å². The molecule has 27 heavy (non-hydrogen) atoms. The molecule has 0 spiro atoms. The van der Waals surface area contributed by atoms with Crippen LogP contribution < -0.4 is 10.6 Å². The first kappa shape index (κ1) is 18.0. The summed E-state index contributed by atoms with van der Waals surface area (Å²) in [4.78, 5) is 12.4. The number of hydrogen-bond donors (Lipinski definition) is 2. The molecule has 2 atom stereocenters. The lowest BCUT2D eigenvalue weighted by Gasteiger charge is -2.19. The fourth-order valence-electron chi connectivity index (χ4n) is 3.36. The third-order valence-electron chi connectivity index (χ3n) is 4.97. The summed E-state index contributed by atoms with van der Waals surface area (Å²) in [6, 6.07) is 7.49. The maximum Gasteiger partial charge on any atom is 0.319 e. The van der Waals surface area contributed by atoms with Crippen molar-refractivity contribution in [1.82, 2.24) is 15.1 Å². The summed E-state index contributed by atoms with van der Waals surface area (Å²) in [5, 5.41) is 10.1. The van der Waals surface area contributed by atoms with Crippen LogP contribution in [0.2, 0.25) is 0 Å². The van der Waals surface area contributed by atoms with E-state index in [0.29, 0.717) is 13.2 Å². The van der Waals surface area contributed by atoms with Crippen LogP contribution in [0.4, 0.5) is 10.5 Å². The molecule has 2 heterocycles. The van der Waals surface area contributed by atoms with Gasteiger partial charge in [0.2, 0.25) is 0 Å². The summed E-state index contributed by atoms with van der Waals surface area (Å²) in [5.41, 5.74) is 2.80. The molecule has 1 aromatic heterocycles. The minimum atomic E-state index is -0.226. The predicted molar refractivity (Wildman–Crippen MR) is 101 cm³/mol. The fourth-order valence-corrected chi connectivity index (χ4v) is 3.36. The SMILES string of the molecule is Cn1cc([C@H]2OCC[C@@H]2NC(=O)Nc2cccc(COCC3CC3)c2)cn1. The van der Waals surface area contributed by atoms with Gasteiger partial charge < -0.3 is 20.1 Å². The van der Waals surface area contributed by atoms with Gasteiger partial charge in [-0.2, -0.15) is 5.10 Å². The number of nitrogens with one attached hydrogen (secondary N) is 2. The molecule has 2 amide bonds. The van der Waals surface area contributed by atoms with Crippen molar-refractivity contribution in [3.63, 3.8) is 0 Å². The highest BCUT2D eigenvalue weighted by molar-refractivity contribution is 5.89. The van der Waals surface area contributed by atoms with Gasteiger partial charge in [-0.15, -0.1) is 0 Å². The maximum atomic E-state index is 12.4. The molecule has 1 saturated carbocycles. The van der Waals surface area contributed by atoms with E-state index in [1.54, 1.807) is 10.9 Å². The lowest BCUT2D eigenvalue weighted by Crippen LogP contribution is -2.39. The Hall–Kier alpha value is -2.38. The number of rotatable bonds is 7. The van der Waals surface area contributed by atoms with E-state index in [4.69, 9.17) is 9.47 Å². The Labute approximate surface area is 159 Å². The standard InChI is InChI=1S/C20H26N4O3/c1-24-11-16(10-21-24)19-18(7-8-27-19)23-20(25)22-17-4-2-3-15(9-17)13-26-12-14-5-6-14/h2-4,9-11,14,18-19H,5-8,12-13H2,1H3,(H2,22,23,25)/t18-,19+/m0/s1. The zero-order chi connectivity index (χ0) is 18.6. The van der Waals surface area contributed by atoms with Gasteiger partial charge in [-0.3, -0.25) is 4.68 Å². The van der Waals surface area contributed by atoms with Crippen LogP contribution in [0.5, 0.6) is 0 Å². The summed E-state index contributed by atoms with van der Waals surface area (Å²) < 4.78 is 13.3. The second kappa shape index (κ2) is 8.10. The molecule has 7 heteroatoms. The number of aromatic nitrogens is 2. The van der Waals surface area contributed by atoms with Crippen molar-refractivity contribution >= 4 is 11.7 Å². The molecule has 144 valence electrons. The summed E-state index contributed by atoms with van der Waals surface area (Å²) >= 11 is 0. The number of ether oxygens (including phenoxy) is 2. The summed E-state index contributed by atoms with van der Waals surface area (Å²) in [6.45, 7) is 2.03. The van der Waals surface area contributed by atoms with Crippen molar-refractivity contribution in [1.29, 1.82) is 0 Å². The molecule has 1 aliphatic carbocycles. The van der Waals surface area contributed by atoms with E-state index in [2.05, 4.69) is 15.7 Å². The summed E-state index contributed by atoms with van der Waals surface area (Å²) in [6.07, 6.45) is 6.90. The van der Waals surface area contributed by atoms with E-state index in [9.17, 15) is 4.79 Å². The highest BCUT2D eigenvalue weighted by Crippen LogP contribution is 2.30. The van der Waals surface area contributed by atoms with Crippen molar-refractivity contribution in [2.45, 2.75) is 38.0 Å². The number of amides is 2. The Balaban J connectivity index is 1.30. The number of carbonyl (C=O) groups excluding carboxylic acids is 1. The molecule has 2 N–H and O–H groups in total. The molecule has 1 saturated heterocycles. The highest BCUT2D eigenvalue weighted by Gasteiger charge is 2.31. The van der Waals surface area contributed by atoms with Crippen LogP contribution in [-0.4, -0.2) is 35.1 Å². The number of urea groups is 1. The number of carbonyl (C=O) groups is 1. The quantitative estimate of drug-likeness (QED) is 0.785. The molecule has 2 aromatic rings. The van der Waals surface area contributed by atoms with Crippen molar-refractivity contribution < 1.29 is 14.3 Å². The molecule has 0 unspecified atom stereocenters. The molecule has 0 bridgehead atoms. The number of nitrogens with zero attached hydrogens (tertiary/aromatic N) is 2. The third kappa shape index (κ3) is 4.87. The van der Waals surface area contributed by atoms with E-state index in [0.717, 1.165) is 35.8 Å². The van der Waals surface area contributed by atoms with E-state index >= 15 is 0 Å². The third-order valence-corrected chi connectivity index (χ3v) is 4.97. The zero-order valence-corrected chi connectivity index (χ0v) is 15.6. The molecular weight excluding hydrogens is 344 g/mol. The Morgan fingerprint density at radius 3 is 3.04 bits per heavy atom. The van der Waals surface area contributed by atoms with E-state index < -0.39 is 0 Å². The van der Waals surface area contributed by atoms with E-state index in [-0.39, 0.29) is 18.2 Å². The Morgan fingerprint density at radius 1 is 1.37 bits per heavy atom. The van der Waals surface area contributed by atoms with Gasteiger partial charge in [-0.25, -0.2) is 4.79 Å². The largest absolute Gasteiger partial charge is 0.376 e. The molecule has 1 aromatic carbocycles. The van der Waals surface area contributed by atoms with Gasteiger partial charge in [0.25, 0.3) is 0 Å². The van der Waals surface area contributed by atoms with Crippen molar-refractivity contribution in [3.8, 4) is 0 Å². The van der Waals surface area contributed by atoms with Crippen LogP contribution >= 0.6 is 0 Å². The lowest BCUT2D eigenvalue weighted by molar-refractivity contribution is 0.100. The Kier molecular flexibility index (Phi) is 5.40. The smallest absolute Gasteiger partial charge is 0.319 e. The van der Waals surface area contributed by atoms with Crippen LogP contribution in [0, 0.1) is 5.92 Å². The van der Waals surface area contributed by atoms with Gasteiger partial charge in [-0.05, 0) is 42.9 Å². The fraction of sp³-hybridized carbons (Fsp3) is 0.500. The Morgan fingerprint density at radius 2 is 2.26 bits per heavy atom. The lowest BCUT2D eigenvalue weighted by atomic mass is 10.1. The molecule has 4 rings (SSSR count). The molecule has 1 aliphatic heterocycles. The van der Waals surface area contributed by atoms with E-state index in [1.165, 1.54) is 12.8 Å². The van der Waals surface area contributed by atoms with Gasteiger partial charge in [0, 0.05) is 37.7 Å². The first-order chi connectivity index (χ1) is 13.2. The second-order valence-electron chi connectivity index (χ2n) is 7.39. The molecule has 7 nitrogen and oxygen atoms in total. The van der Waals surface area contributed by atoms with Crippen LogP contribution in [0.25, 0.3) is 0 Å². The van der Waals surface area contributed by atoms with Crippen molar-refractivity contribution in [2.75, 3.05) is 18.5 Å². The van der Waals surface area contributed by atoms with Gasteiger partial charge in [0.15, 0.2) is 0 Å². The first-order valence-electron chi connectivity index (χ1n) is 9.52. The summed E-state index contributed by atoms with van der Waals surface area (Å²) in [7, 11) is 1.87. The number of benzene rings is 1. The van der Waals surface area contributed by atoms with Gasteiger partial charge in [0.1, 0.15) is 6.10 Å². The minimum Gasteiger partial charge on any atom is -0.376 e. The maximum absolute atomic E-state index is 12.4. The topological polar surface area (TPSA) is 77.4 Å². The molecule has 2 fully saturated rings. The minimum absolute atomic E-state index is 0.0701. The molecule has 2 aliphatic rings. The zero-order valence-electron chi connectivity index (χ0n) is 15.6. The van der Waals surface area contributed by atoms with Crippen LogP contribution in [0.3, 0.4) is 0 Å². The second-order valence-corrected chi connectivity index (χ2v) is 7.39. The summed E-state index contributed by atoms with van der Waals surface area (Å²) in [5.74, 6) is 0.749. The Bertz CT molecular complexity index is 787. The number of aryl methyl sites for hydroxylation is 1. The van der Waals surface area contributed by atoms with E-state index in [1.807, 2.05) is 37.5 Å². The van der Waals surface area contributed by atoms with Gasteiger partial charge in [0.05, 0.1) is 18.8 Å². The number of anilines is 1. The number of hydrogen-bond acceptors (Lipinski definition) is 4. The first-order valence-corrected chi connectivity index (χ1v) is 9.52. The molecular formula is C20H26N4O3. The molecule has 0 radical (unpaired) electrons. The predicted octanol–water partition coefficient (Wildman–Crippen LogP) is 3.00. The average Bonchev–Trinajstić information content (AvgIpc) is 3.18. The normalized spacial score (nSPS) is 22.0. The average molecular weight is 370 g/mol. The van der Waals surface area contributed by atoms with Crippen LogP contribution in [0.1, 0.15) is 36.5 Å². The van der Waals surface area contributed by atoms with Gasteiger partial charge >= 0.3 is 6.03 Å². The van der Waals surface area contributed by atoms with Crippen molar-refractivity contribution in [3.05, 3.63) is 47.8 Å². The van der Waals surface area contributed by atoms with Crippen LogP contribution in [-0.2, 0) is 23.1 Å². The highest BCUT2D eigenvalue weighted by atomic mass is 16.5. The monoisotopic (exact) mass is 370 g/mol.